The maximum absolute atomic E-state index is 12.3. The van der Waals surface area contributed by atoms with Gasteiger partial charge in [-0.15, -0.1) is 0 Å². The molecule has 1 heterocycles. The number of amides is 1. The molecule has 0 aliphatic carbocycles. The number of nitrogens with one attached hydrogen (secondary N) is 2. The van der Waals surface area contributed by atoms with Crippen molar-refractivity contribution in [2.75, 3.05) is 26.3 Å². The third kappa shape index (κ3) is 5.57. The first kappa shape index (κ1) is 21.8. The van der Waals surface area contributed by atoms with Gasteiger partial charge < -0.3 is 10.1 Å². The third-order valence-electron chi connectivity index (χ3n) is 5.23. The molecule has 2 aromatic rings. The molecule has 1 aliphatic rings. The Balaban J connectivity index is 1.54. The van der Waals surface area contributed by atoms with Crippen LogP contribution >= 0.6 is 11.6 Å². The normalized spacial score (nSPS) is 16.3. The third-order valence-corrected chi connectivity index (χ3v) is 7.19. The lowest BCUT2D eigenvalue weighted by Crippen LogP contribution is -2.45. The highest BCUT2D eigenvalue weighted by Gasteiger charge is 2.34. The van der Waals surface area contributed by atoms with Gasteiger partial charge in [0.25, 0.3) is 0 Å². The van der Waals surface area contributed by atoms with E-state index in [0.29, 0.717) is 19.8 Å². The zero-order chi connectivity index (χ0) is 20.7. The fourth-order valence-electron chi connectivity index (χ4n) is 3.52. The second-order valence-electron chi connectivity index (χ2n) is 7.11. The van der Waals surface area contributed by atoms with Gasteiger partial charge in [-0.3, -0.25) is 4.79 Å². The molecule has 0 aromatic heterocycles. The monoisotopic (exact) mass is 436 g/mol. The van der Waals surface area contributed by atoms with Gasteiger partial charge in [-0.25, -0.2) is 13.1 Å². The molecule has 8 heteroatoms. The van der Waals surface area contributed by atoms with Crippen molar-refractivity contribution in [1.82, 2.24) is 10.0 Å². The summed E-state index contributed by atoms with van der Waals surface area (Å²) in [5.41, 5.74) is 1.02. The predicted molar refractivity (Wildman–Crippen MR) is 112 cm³/mol. The van der Waals surface area contributed by atoms with E-state index in [0.717, 1.165) is 12.8 Å². The number of ether oxygens (including phenoxy) is 1. The molecular weight excluding hydrogens is 412 g/mol. The minimum atomic E-state index is -3.76. The number of halogens is 1. The van der Waals surface area contributed by atoms with Crippen LogP contribution in [0.5, 0.6) is 0 Å². The van der Waals surface area contributed by atoms with E-state index in [4.69, 9.17) is 16.3 Å². The number of rotatable bonds is 8. The Morgan fingerprint density at radius 2 is 1.69 bits per heavy atom. The summed E-state index contributed by atoms with van der Waals surface area (Å²) in [5.74, 6) is -0.200. The van der Waals surface area contributed by atoms with Crippen LogP contribution in [0.25, 0.3) is 0 Å². The molecule has 156 valence electrons. The average Bonchev–Trinajstić information content (AvgIpc) is 2.74. The Bertz CT molecular complexity index is 929. The number of sulfonamides is 1. The predicted octanol–water partition coefficient (Wildman–Crippen LogP) is 2.87. The fourth-order valence-corrected chi connectivity index (χ4v) is 5.07. The largest absolute Gasteiger partial charge is 0.381 e. The molecule has 0 bridgehead atoms. The summed E-state index contributed by atoms with van der Waals surface area (Å²) >= 11 is 5.95. The second kappa shape index (κ2) is 9.71. The lowest BCUT2D eigenvalue weighted by atomic mass is 9.74. The lowest BCUT2D eigenvalue weighted by Gasteiger charge is -2.38. The first-order valence-corrected chi connectivity index (χ1v) is 11.4. The first-order chi connectivity index (χ1) is 13.9. The molecule has 0 radical (unpaired) electrons. The van der Waals surface area contributed by atoms with Crippen LogP contribution in [0.2, 0.25) is 5.02 Å². The van der Waals surface area contributed by atoms with E-state index < -0.39 is 10.0 Å². The van der Waals surface area contributed by atoms with Crippen LogP contribution in [0.1, 0.15) is 24.8 Å². The number of carbonyl (C=O) groups excluding carboxylic acids is 1. The second-order valence-corrected chi connectivity index (χ2v) is 9.26. The van der Waals surface area contributed by atoms with Crippen molar-refractivity contribution in [3.8, 4) is 0 Å². The highest BCUT2D eigenvalue weighted by atomic mass is 35.5. The van der Waals surface area contributed by atoms with Crippen molar-refractivity contribution in [1.29, 1.82) is 0 Å². The molecule has 0 saturated carbocycles. The van der Waals surface area contributed by atoms with Gasteiger partial charge in [0.05, 0.1) is 5.02 Å². The van der Waals surface area contributed by atoms with Crippen LogP contribution in [0.4, 0.5) is 0 Å². The standard InChI is InChI=1S/C21H25ClN2O4S/c22-18-8-4-5-9-19(18)29(26,27)24-13-10-20(25)23-16-21(11-14-28-15-12-21)17-6-2-1-3-7-17/h1-9,24H,10-16H2,(H,23,25). The maximum atomic E-state index is 12.3. The van der Waals surface area contributed by atoms with E-state index in [1.807, 2.05) is 18.2 Å². The topological polar surface area (TPSA) is 84.5 Å². The van der Waals surface area contributed by atoms with Crippen molar-refractivity contribution in [2.45, 2.75) is 29.6 Å². The smallest absolute Gasteiger partial charge is 0.242 e. The summed E-state index contributed by atoms with van der Waals surface area (Å²) in [7, 11) is -3.76. The molecule has 6 nitrogen and oxygen atoms in total. The molecule has 0 unspecified atom stereocenters. The number of hydrogen-bond donors (Lipinski definition) is 2. The Kier molecular flexibility index (Phi) is 7.29. The van der Waals surface area contributed by atoms with Crippen LogP contribution in [0, 0.1) is 0 Å². The Morgan fingerprint density at radius 3 is 2.38 bits per heavy atom. The van der Waals surface area contributed by atoms with Gasteiger partial charge in [0.2, 0.25) is 15.9 Å². The SMILES string of the molecule is O=C(CCNS(=O)(=O)c1ccccc1Cl)NCC1(c2ccccc2)CCOCC1. The van der Waals surface area contributed by atoms with Crippen LogP contribution in [0.3, 0.4) is 0 Å². The Morgan fingerprint density at radius 1 is 1.03 bits per heavy atom. The zero-order valence-electron chi connectivity index (χ0n) is 16.1. The summed E-state index contributed by atoms with van der Waals surface area (Å²) in [4.78, 5) is 12.4. The summed E-state index contributed by atoms with van der Waals surface area (Å²) in [6, 6.07) is 16.3. The molecule has 2 N–H and O–H groups in total. The van der Waals surface area contributed by atoms with E-state index in [9.17, 15) is 13.2 Å². The summed E-state index contributed by atoms with van der Waals surface area (Å²) < 4.78 is 32.6. The van der Waals surface area contributed by atoms with Crippen LogP contribution in [-0.2, 0) is 25.0 Å². The molecule has 2 aromatic carbocycles. The lowest BCUT2D eigenvalue weighted by molar-refractivity contribution is -0.121. The summed E-state index contributed by atoms with van der Waals surface area (Å²) in [6.45, 7) is 1.81. The molecule has 3 rings (SSSR count). The summed E-state index contributed by atoms with van der Waals surface area (Å²) in [5, 5.41) is 3.12. The van der Waals surface area contributed by atoms with E-state index in [1.54, 1.807) is 12.1 Å². The zero-order valence-corrected chi connectivity index (χ0v) is 17.6. The van der Waals surface area contributed by atoms with Gasteiger partial charge in [-0.1, -0.05) is 54.1 Å². The van der Waals surface area contributed by atoms with E-state index >= 15 is 0 Å². The van der Waals surface area contributed by atoms with Crippen molar-refractivity contribution < 1.29 is 17.9 Å². The minimum Gasteiger partial charge on any atom is -0.381 e. The highest BCUT2D eigenvalue weighted by molar-refractivity contribution is 7.89. The number of benzene rings is 2. The van der Waals surface area contributed by atoms with E-state index in [-0.39, 0.29) is 34.2 Å². The Labute approximate surface area is 176 Å². The number of carbonyl (C=O) groups is 1. The van der Waals surface area contributed by atoms with Crippen molar-refractivity contribution in [3.05, 3.63) is 65.2 Å². The molecule has 1 saturated heterocycles. The maximum Gasteiger partial charge on any atom is 0.242 e. The van der Waals surface area contributed by atoms with Crippen molar-refractivity contribution in [3.63, 3.8) is 0 Å². The van der Waals surface area contributed by atoms with Crippen LogP contribution < -0.4 is 10.0 Å². The van der Waals surface area contributed by atoms with Crippen LogP contribution in [0.15, 0.2) is 59.5 Å². The molecular formula is C21H25ClN2O4S. The molecule has 1 amide bonds. The van der Waals surface area contributed by atoms with Crippen molar-refractivity contribution >= 4 is 27.5 Å². The Hall–Kier alpha value is -1.93. The van der Waals surface area contributed by atoms with Gasteiger partial charge in [-0.05, 0) is 30.5 Å². The van der Waals surface area contributed by atoms with Gasteiger partial charge in [-0.2, -0.15) is 0 Å². The quantitative estimate of drug-likeness (QED) is 0.666. The minimum absolute atomic E-state index is 0.000831. The molecule has 1 aliphatic heterocycles. The average molecular weight is 437 g/mol. The van der Waals surface area contributed by atoms with Crippen LogP contribution in [-0.4, -0.2) is 40.6 Å². The summed E-state index contributed by atoms with van der Waals surface area (Å²) in [6.07, 6.45) is 1.71. The van der Waals surface area contributed by atoms with Gasteiger partial charge >= 0.3 is 0 Å². The fraction of sp³-hybridized carbons (Fsp3) is 0.381. The molecule has 1 fully saturated rings. The van der Waals surface area contributed by atoms with Crippen molar-refractivity contribution in [2.24, 2.45) is 0 Å². The molecule has 29 heavy (non-hydrogen) atoms. The number of hydrogen-bond acceptors (Lipinski definition) is 4. The van der Waals surface area contributed by atoms with Gasteiger partial charge in [0.15, 0.2) is 0 Å². The highest BCUT2D eigenvalue weighted by Crippen LogP contribution is 2.34. The molecule has 0 atom stereocenters. The van der Waals surface area contributed by atoms with Gasteiger partial charge in [0.1, 0.15) is 4.90 Å². The van der Waals surface area contributed by atoms with Gasteiger partial charge in [0, 0.05) is 38.1 Å². The van der Waals surface area contributed by atoms with E-state index in [1.165, 1.54) is 17.7 Å². The first-order valence-electron chi connectivity index (χ1n) is 9.57. The van der Waals surface area contributed by atoms with E-state index in [2.05, 4.69) is 22.2 Å². The molecule has 0 spiro atoms.